The highest BCUT2D eigenvalue weighted by Crippen LogP contribution is 2.33. The second kappa shape index (κ2) is 6.93. The Kier molecular flexibility index (Phi) is 5.48. The van der Waals surface area contributed by atoms with Gasteiger partial charge in [-0.25, -0.2) is 0 Å². The molecule has 5 atom stereocenters. The summed E-state index contributed by atoms with van der Waals surface area (Å²) in [7, 11) is 0. The van der Waals surface area contributed by atoms with Crippen molar-refractivity contribution in [2.75, 3.05) is 0 Å². The van der Waals surface area contributed by atoms with Crippen molar-refractivity contribution in [3.05, 3.63) is 0 Å². The normalized spacial score (nSPS) is 36.4. The van der Waals surface area contributed by atoms with Crippen LogP contribution in [0.25, 0.3) is 0 Å². The fourth-order valence-corrected chi connectivity index (χ4v) is 3.92. The van der Waals surface area contributed by atoms with Gasteiger partial charge < -0.3 is 4.90 Å². The minimum atomic E-state index is 0.0469. The molecule has 1 heterocycles. The van der Waals surface area contributed by atoms with Crippen LogP contribution in [0.1, 0.15) is 72.6 Å². The van der Waals surface area contributed by atoms with Crippen molar-refractivity contribution in [1.29, 1.82) is 0 Å². The van der Waals surface area contributed by atoms with Crippen LogP contribution in [-0.2, 0) is 4.79 Å². The number of nitrogens with zero attached hydrogens (tertiary/aromatic N) is 1. The summed E-state index contributed by atoms with van der Waals surface area (Å²) >= 11 is 0. The van der Waals surface area contributed by atoms with Crippen molar-refractivity contribution in [3.8, 4) is 0 Å². The van der Waals surface area contributed by atoms with Gasteiger partial charge in [-0.3, -0.25) is 10.1 Å². The molecule has 20 heavy (non-hydrogen) atoms. The van der Waals surface area contributed by atoms with Crippen molar-refractivity contribution in [2.45, 2.75) is 90.9 Å². The topological polar surface area (TPSA) is 32.3 Å². The fourth-order valence-electron chi connectivity index (χ4n) is 3.92. The number of nitrogens with one attached hydrogen (secondary N) is 1. The zero-order valence-corrected chi connectivity index (χ0v) is 13.7. The standard InChI is InChI=1S/C17H32N2O/c1-5-9-15-18-16(12(3)6-2)17(20)19(15)14-11-8-7-10-13(14)4/h12-16,18H,5-11H2,1-4H3. The third-order valence-electron chi connectivity index (χ3n) is 5.43. The van der Waals surface area contributed by atoms with Crippen LogP contribution in [0.2, 0.25) is 0 Å². The van der Waals surface area contributed by atoms with Crippen molar-refractivity contribution in [1.82, 2.24) is 10.2 Å². The molecule has 0 aromatic rings. The quantitative estimate of drug-likeness (QED) is 0.835. The lowest BCUT2D eigenvalue weighted by Crippen LogP contribution is -2.48. The van der Waals surface area contributed by atoms with E-state index >= 15 is 0 Å². The number of carbonyl (C=O) groups is 1. The summed E-state index contributed by atoms with van der Waals surface area (Å²) in [4.78, 5) is 15.1. The van der Waals surface area contributed by atoms with Gasteiger partial charge in [0.25, 0.3) is 0 Å². The van der Waals surface area contributed by atoms with E-state index in [1.165, 1.54) is 25.7 Å². The maximum atomic E-state index is 12.9. The van der Waals surface area contributed by atoms with Crippen LogP contribution in [0.4, 0.5) is 0 Å². The van der Waals surface area contributed by atoms with Gasteiger partial charge in [0.15, 0.2) is 0 Å². The first-order chi connectivity index (χ1) is 9.60. The van der Waals surface area contributed by atoms with Gasteiger partial charge >= 0.3 is 0 Å². The molecule has 116 valence electrons. The Labute approximate surface area is 124 Å². The van der Waals surface area contributed by atoms with Crippen LogP contribution in [0.3, 0.4) is 0 Å². The average Bonchev–Trinajstić information content (AvgIpc) is 2.76. The lowest BCUT2D eigenvalue weighted by atomic mass is 9.84. The lowest BCUT2D eigenvalue weighted by molar-refractivity contribution is -0.135. The summed E-state index contributed by atoms with van der Waals surface area (Å²) in [6.45, 7) is 8.93. The van der Waals surface area contributed by atoms with E-state index in [4.69, 9.17) is 0 Å². The van der Waals surface area contributed by atoms with Crippen LogP contribution < -0.4 is 5.32 Å². The van der Waals surface area contributed by atoms with E-state index in [2.05, 4.69) is 37.9 Å². The molecule has 3 heteroatoms. The highest BCUT2D eigenvalue weighted by atomic mass is 16.2. The van der Waals surface area contributed by atoms with Crippen molar-refractivity contribution >= 4 is 5.91 Å². The molecule has 0 bridgehead atoms. The summed E-state index contributed by atoms with van der Waals surface area (Å²) in [5.74, 6) is 1.46. The number of hydrogen-bond donors (Lipinski definition) is 1. The van der Waals surface area contributed by atoms with Crippen LogP contribution in [0.5, 0.6) is 0 Å². The van der Waals surface area contributed by atoms with Crippen molar-refractivity contribution < 1.29 is 4.79 Å². The van der Waals surface area contributed by atoms with Gasteiger partial charge in [-0.05, 0) is 31.1 Å². The molecular formula is C17H32N2O. The van der Waals surface area contributed by atoms with Gasteiger partial charge in [0, 0.05) is 6.04 Å². The maximum absolute atomic E-state index is 12.9. The molecule has 1 N–H and O–H groups in total. The lowest BCUT2D eigenvalue weighted by Gasteiger charge is -2.39. The van der Waals surface area contributed by atoms with Crippen LogP contribution in [-0.4, -0.2) is 29.1 Å². The van der Waals surface area contributed by atoms with E-state index < -0.39 is 0 Å². The van der Waals surface area contributed by atoms with Gasteiger partial charge in [0.2, 0.25) is 5.91 Å². The smallest absolute Gasteiger partial charge is 0.241 e. The molecule has 0 aromatic heterocycles. The maximum Gasteiger partial charge on any atom is 0.241 e. The average molecular weight is 280 g/mol. The van der Waals surface area contributed by atoms with Crippen LogP contribution in [0.15, 0.2) is 0 Å². The Balaban J connectivity index is 2.16. The van der Waals surface area contributed by atoms with Gasteiger partial charge in [0.1, 0.15) is 0 Å². The minimum Gasteiger partial charge on any atom is -0.323 e. The summed E-state index contributed by atoms with van der Waals surface area (Å²) in [5, 5.41) is 3.64. The second-order valence-corrected chi connectivity index (χ2v) is 6.91. The molecule has 1 aliphatic heterocycles. The van der Waals surface area contributed by atoms with Crippen molar-refractivity contribution in [2.24, 2.45) is 11.8 Å². The molecule has 1 saturated heterocycles. The Morgan fingerprint density at radius 3 is 2.60 bits per heavy atom. The minimum absolute atomic E-state index is 0.0469. The predicted molar refractivity (Wildman–Crippen MR) is 83.3 cm³/mol. The van der Waals surface area contributed by atoms with Gasteiger partial charge in [-0.2, -0.15) is 0 Å². The highest BCUT2D eigenvalue weighted by molar-refractivity contribution is 5.85. The van der Waals surface area contributed by atoms with Gasteiger partial charge in [-0.15, -0.1) is 0 Å². The van der Waals surface area contributed by atoms with E-state index in [0.717, 1.165) is 19.3 Å². The summed E-state index contributed by atoms with van der Waals surface area (Å²) in [5.41, 5.74) is 0. The number of hydrogen-bond acceptors (Lipinski definition) is 2. The molecule has 0 radical (unpaired) electrons. The zero-order valence-electron chi connectivity index (χ0n) is 13.7. The molecule has 1 saturated carbocycles. The fraction of sp³-hybridized carbons (Fsp3) is 0.941. The molecule has 0 spiro atoms. The Morgan fingerprint density at radius 2 is 2.00 bits per heavy atom. The molecule has 1 aliphatic carbocycles. The number of amides is 1. The summed E-state index contributed by atoms with van der Waals surface area (Å²) in [6.07, 6.45) is 8.65. The SMILES string of the molecule is CCCC1NC(C(C)CC)C(=O)N1C1CCCCC1C. The first-order valence-electron chi connectivity index (χ1n) is 8.68. The predicted octanol–water partition coefficient (Wildman–Crippen LogP) is 3.54. The molecule has 5 unspecified atom stereocenters. The van der Waals surface area contributed by atoms with E-state index in [0.29, 0.717) is 23.8 Å². The molecule has 1 amide bonds. The third-order valence-corrected chi connectivity index (χ3v) is 5.43. The zero-order chi connectivity index (χ0) is 14.7. The molecule has 2 fully saturated rings. The Hall–Kier alpha value is -0.570. The highest BCUT2D eigenvalue weighted by Gasteiger charge is 2.45. The number of rotatable bonds is 5. The number of carbonyl (C=O) groups excluding carboxylic acids is 1. The van der Waals surface area contributed by atoms with Gasteiger partial charge in [-0.1, -0.05) is 53.4 Å². The first-order valence-corrected chi connectivity index (χ1v) is 8.68. The first kappa shape index (κ1) is 15.8. The monoisotopic (exact) mass is 280 g/mol. The van der Waals surface area contributed by atoms with E-state index in [9.17, 15) is 4.79 Å². The van der Waals surface area contributed by atoms with Crippen LogP contribution in [0, 0.1) is 11.8 Å². The third kappa shape index (κ3) is 3.03. The Bertz CT molecular complexity index is 331. The molecule has 3 nitrogen and oxygen atoms in total. The molecule has 2 aliphatic rings. The molecule has 2 rings (SSSR count). The van der Waals surface area contributed by atoms with E-state index in [1.54, 1.807) is 0 Å². The molecule has 0 aromatic carbocycles. The van der Waals surface area contributed by atoms with E-state index in [-0.39, 0.29) is 12.2 Å². The van der Waals surface area contributed by atoms with Crippen LogP contribution >= 0.6 is 0 Å². The molecular weight excluding hydrogens is 248 g/mol. The van der Waals surface area contributed by atoms with E-state index in [1.807, 2.05) is 0 Å². The second-order valence-electron chi connectivity index (χ2n) is 6.91. The van der Waals surface area contributed by atoms with Gasteiger partial charge in [0.05, 0.1) is 12.2 Å². The van der Waals surface area contributed by atoms with Crippen molar-refractivity contribution in [3.63, 3.8) is 0 Å². The summed E-state index contributed by atoms with van der Waals surface area (Å²) < 4.78 is 0. The summed E-state index contributed by atoms with van der Waals surface area (Å²) in [6, 6.07) is 0.514. The largest absolute Gasteiger partial charge is 0.323 e. The Morgan fingerprint density at radius 1 is 1.30 bits per heavy atom.